The molecule has 0 fully saturated rings. The van der Waals surface area contributed by atoms with E-state index < -0.39 is 7.12 Å². The fraction of sp³-hybridized carbons (Fsp3) is 0.278. The lowest BCUT2D eigenvalue weighted by molar-refractivity contribution is -0.130. The van der Waals surface area contributed by atoms with Crippen LogP contribution in [-0.2, 0) is 4.79 Å². The van der Waals surface area contributed by atoms with Crippen LogP contribution in [0.1, 0.15) is 24.7 Å². The largest absolute Gasteiger partial charge is 0.488 e. The SMILES string of the molecule is CCN(CC)C(=O)C(Sc1ccccc1)c1ccc(B(O)O)cc1. The van der Waals surface area contributed by atoms with E-state index in [4.69, 9.17) is 0 Å². The van der Waals surface area contributed by atoms with E-state index in [1.807, 2.05) is 49.1 Å². The maximum Gasteiger partial charge on any atom is 0.488 e. The van der Waals surface area contributed by atoms with Gasteiger partial charge in [0.15, 0.2) is 0 Å². The van der Waals surface area contributed by atoms with E-state index in [-0.39, 0.29) is 11.2 Å². The van der Waals surface area contributed by atoms with Gasteiger partial charge in [-0.2, -0.15) is 0 Å². The maximum absolute atomic E-state index is 12.9. The van der Waals surface area contributed by atoms with Crippen LogP contribution >= 0.6 is 11.8 Å². The zero-order valence-electron chi connectivity index (χ0n) is 13.9. The van der Waals surface area contributed by atoms with Crippen molar-refractivity contribution in [2.75, 3.05) is 13.1 Å². The van der Waals surface area contributed by atoms with Gasteiger partial charge in [0.25, 0.3) is 0 Å². The smallest absolute Gasteiger partial charge is 0.423 e. The number of likely N-dealkylation sites (N-methyl/N-ethyl adjacent to an activating group) is 1. The molecule has 2 aromatic rings. The van der Waals surface area contributed by atoms with Gasteiger partial charge >= 0.3 is 7.12 Å². The lowest BCUT2D eigenvalue weighted by Gasteiger charge is -2.25. The van der Waals surface area contributed by atoms with Crippen LogP contribution in [0, 0.1) is 0 Å². The summed E-state index contributed by atoms with van der Waals surface area (Å²) in [6.45, 7) is 5.26. The summed E-state index contributed by atoms with van der Waals surface area (Å²) >= 11 is 1.51. The molecule has 1 unspecified atom stereocenters. The molecule has 2 rings (SSSR count). The fourth-order valence-electron chi connectivity index (χ4n) is 2.44. The van der Waals surface area contributed by atoms with Gasteiger partial charge in [-0.05, 0) is 37.0 Å². The van der Waals surface area contributed by atoms with Crippen LogP contribution in [0.5, 0.6) is 0 Å². The highest BCUT2D eigenvalue weighted by Crippen LogP contribution is 2.36. The summed E-state index contributed by atoms with van der Waals surface area (Å²) in [7, 11) is -1.50. The normalized spacial score (nSPS) is 11.8. The Morgan fingerprint density at radius 1 is 1.04 bits per heavy atom. The number of carbonyl (C=O) groups is 1. The number of benzene rings is 2. The van der Waals surface area contributed by atoms with Crippen molar-refractivity contribution in [3.63, 3.8) is 0 Å². The first-order valence-electron chi connectivity index (χ1n) is 8.03. The molecule has 1 amide bonds. The molecule has 0 aromatic heterocycles. The number of carbonyl (C=O) groups excluding carboxylic acids is 1. The number of amides is 1. The first-order chi connectivity index (χ1) is 11.6. The Morgan fingerprint density at radius 3 is 2.12 bits per heavy atom. The highest BCUT2D eigenvalue weighted by Gasteiger charge is 2.26. The second kappa shape index (κ2) is 8.92. The van der Waals surface area contributed by atoms with Gasteiger partial charge in [-0.15, -0.1) is 11.8 Å². The second-order valence-electron chi connectivity index (χ2n) is 5.36. The first kappa shape index (κ1) is 18.6. The van der Waals surface area contributed by atoms with Crippen molar-refractivity contribution in [3.05, 3.63) is 60.2 Å². The molecule has 1 atom stereocenters. The molecule has 0 aliphatic rings. The fourth-order valence-corrected chi connectivity index (χ4v) is 3.57. The van der Waals surface area contributed by atoms with Crippen molar-refractivity contribution in [1.82, 2.24) is 4.90 Å². The Kier molecular flexibility index (Phi) is 6.91. The number of hydrogen-bond donors (Lipinski definition) is 2. The van der Waals surface area contributed by atoms with Gasteiger partial charge < -0.3 is 14.9 Å². The van der Waals surface area contributed by atoms with E-state index in [2.05, 4.69) is 0 Å². The molecule has 0 aliphatic carbocycles. The Labute approximate surface area is 147 Å². The van der Waals surface area contributed by atoms with Gasteiger partial charge in [-0.25, -0.2) is 0 Å². The van der Waals surface area contributed by atoms with Crippen molar-refractivity contribution < 1.29 is 14.8 Å². The van der Waals surface area contributed by atoms with Crippen molar-refractivity contribution in [2.24, 2.45) is 0 Å². The van der Waals surface area contributed by atoms with Gasteiger partial charge in [0.05, 0.1) is 0 Å². The molecule has 2 N–H and O–H groups in total. The standard InChI is InChI=1S/C18H22BNO3S/c1-3-20(4-2)18(21)17(24-16-8-6-5-7-9-16)14-10-12-15(13-11-14)19(22)23/h5-13,17,22-23H,3-4H2,1-2H3. The maximum atomic E-state index is 12.9. The average molecular weight is 343 g/mol. The van der Waals surface area contributed by atoms with Crippen molar-refractivity contribution in [1.29, 1.82) is 0 Å². The number of rotatable bonds is 7. The molecular formula is C18H22BNO3S. The summed E-state index contributed by atoms with van der Waals surface area (Å²) in [6.07, 6.45) is 0. The second-order valence-corrected chi connectivity index (χ2v) is 6.54. The van der Waals surface area contributed by atoms with Gasteiger partial charge in [0, 0.05) is 18.0 Å². The van der Waals surface area contributed by atoms with E-state index in [1.54, 1.807) is 24.3 Å². The number of thioether (sulfide) groups is 1. The zero-order chi connectivity index (χ0) is 17.5. The molecule has 6 heteroatoms. The topological polar surface area (TPSA) is 60.8 Å². The predicted molar refractivity (Wildman–Crippen MR) is 99.2 cm³/mol. The Morgan fingerprint density at radius 2 is 1.62 bits per heavy atom. The summed E-state index contributed by atoms with van der Waals surface area (Å²) in [5, 5.41) is 18.1. The lowest BCUT2D eigenvalue weighted by atomic mass is 9.80. The van der Waals surface area contributed by atoms with Crippen molar-refractivity contribution in [2.45, 2.75) is 24.0 Å². The molecule has 0 heterocycles. The predicted octanol–water partition coefficient (Wildman–Crippen LogP) is 2.07. The van der Waals surface area contributed by atoms with E-state index in [1.165, 1.54) is 11.8 Å². The molecule has 0 radical (unpaired) electrons. The minimum atomic E-state index is -1.50. The van der Waals surface area contributed by atoms with Gasteiger partial charge in [0.1, 0.15) is 5.25 Å². The average Bonchev–Trinajstić information content (AvgIpc) is 2.61. The Bertz CT molecular complexity index is 645. The van der Waals surface area contributed by atoms with Gasteiger partial charge in [0.2, 0.25) is 5.91 Å². The summed E-state index contributed by atoms with van der Waals surface area (Å²) in [5.74, 6) is 0.0613. The van der Waals surface area contributed by atoms with Crippen molar-refractivity contribution >= 4 is 30.3 Å². The summed E-state index contributed by atoms with van der Waals surface area (Å²) in [4.78, 5) is 15.8. The first-order valence-corrected chi connectivity index (χ1v) is 8.91. The summed E-state index contributed by atoms with van der Waals surface area (Å²) in [5.41, 5.74) is 1.27. The molecule has 0 spiro atoms. The van der Waals surface area contributed by atoms with Crippen LogP contribution in [0.15, 0.2) is 59.5 Å². The molecule has 24 heavy (non-hydrogen) atoms. The monoisotopic (exact) mass is 343 g/mol. The minimum Gasteiger partial charge on any atom is -0.423 e. The molecule has 0 aliphatic heterocycles. The molecule has 0 bridgehead atoms. The zero-order valence-corrected chi connectivity index (χ0v) is 14.7. The molecule has 0 saturated heterocycles. The van der Waals surface area contributed by atoms with E-state index >= 15 is 0 Å². The van der Waals surface area contributed by atoms with Crippen LogP contribution in [0.25, 0.3) is 0 Å². The minimum absolute atomic E-state index is 0.0613. The highest BCUT2D eigenvalue weighted by atomic mass is 32.2. The van der Waals surface area contributed by atoms with Crippen LogP contribution in [-0.4, -0.2) is 41.1 Å². The molecule has 4 nitrogen and oxygen atoms in total. The summed E-state index contributed by atoms with van der Waals surface area (Å²) < 4.78 is 0. The van der Waals surface area contributed by atoms with Gasteiger partial charge in [-0.1, -0.05) is 42.5 Å². The third-order valence-corrected chi connectivity index (χ3v) is 5.09. The lowest BCUT2D eigenvalue weighted by Crippen LogP contribution is -2.34. The van der Waals surface area contributed by atoms with Crippen LogP contribution in [0.4, 0.5) is 0 Å². The van der Waals surface area contributed by atoms with E-state index in [9.17, 15) is 14.8 Å². The van der Waals surface area contributed by atoms with E-state index in [0.717, 1.165) is 10.5 Å². The van der Waals surface area contributed by atoms with Crippen LogP contribution in [0.3, 0.4) is 0 Å². The quantitative estimate of drug-likeness (QED) is 0.597. The Hall–Kier alpha value is -1.76. The third kappa shape index (κ3) is 4.63. The van der Waals surface area contributed by atoms with Gasteiger partial charge in [-0.3, -0.25) is 4.79 Å². The van der Waals surface area contributed by atoms with Crippen molar-refractivity contribution in [3.8, 4) is 0 Å². The highest BCUT2D eigenvalue weighted by molar-refractivity contribution is 8.00. The molecule has 0 saturated carbocycles. The van der Waals surface area contributed by atoms with Crippen LogP contribution in [0.2, 0.25) is 0 Å². The molecule has 126 valence electrons. The molecular weight excluding hydrogens is 321 g/mol. The Balaban J connectivity index is 2.32. The number of nitrogens with zero attached hydrogens (tertiary/aromatic N) is 1. The summed E-state index contributed by atoms with van der Waals surface area (Å²) in [6, 6.07) is 16.7. The van der Waals surface area contributed by atoms with Crippen LogP contribution < -0.4 is 5.46 Å². The molecule has 2 aromatic carbocycles. The third-order valence-electron chi connectivity index (χ3n) is 3.83. The number of hydrogen-bond acceptors (Lipinski definition) is 4. The van der Waals surface area contributed by atoms with E-state index in [0.29, 0.717) is 18.6 Å².